The Bertz CT molecular complexity index is 631. The van der Waals surface area contributed by atoms with Crippen molar-refractivity contribution in [2.45, 2.75) is 43.9 Å². The molecule has 1 aromatic carbocycles. The largest absolute Gasteiger partial charge is 0.381 e. The quantitative estimate of drug-likeness (QED) is 0.823. The molecule has 0 saturated heterocycles. The van der Waals surface area contributed by atoms with Gasteiger partial charge in [-0.1, -0.05) is 19.9 Å². The molecule has 2 rings (SSSR count). The van der Waals surface area contributed by atoms with Crippen LogP contribution in [0.1, 0.15) is 25.8 Å². The minimum Gasteiger partial charge on any atom is -0.381 e. The van der Waals surface area contributed by atoms with E-state index in [1.165, 1.54) is 0 Å². The Labute approximate surface area is 134 Å². The fraction of sp³-hybridized carbons (Fsp3) is 0.571. The summed E-state index contributed by atoms with van der Waals surface area (Å²) in [4.78, 5) is 0.224. The average molecular weight is 377 g/mol. The number of methoxy groups -OCH3 is 1. The van der Waals surface area contributed by atoms with Crippen LogP contribution in [0.25, 0.3) is 0 Å². The van der Waals surface area contributed by atoms with E-state index < -0.39 is 10.0 Å². The van der Waals surface area contributed by atoms with E-state index in [1.54, 1.807) is 25.3 Å². The maximum atomic E-state index is 12.6. The van der Waals surface area contributed by atoms with Crippen LogP contribution in [0, 0.1) is 5.41 Å². The van der Waals surface area contributed by atoms with Crippen LogP contribution < -0.4 is 10.5 Å². The number of rotatable bonds is 5. The number of hydrogen-bond donors (Lipinski definition) is 2. The van der Waals surface area contributed by atoms with Gasteiger partial charge in [0.05, 0.1) is 11.0 Å². The summed E-state index contributed by atoms with van der Waals surface area (Å²) in [7, 11) is -1.94. The second-order valence-electron chi connectivity index (χ2n) is 5.92. The van der Waals surface area contributed by atoms with Crippen molar-refractivity contribution in [2.75, 3.05) is 7.11 Å². The van der Waals surface area contributed by atoms with Gasteiger partial charge in [0.1, 0.15) is 0 Å². The number of hydrogen-bond acceptors (Lipinski definition) is 4. The van der Waals surface area contributed by atoms with Crippen LogP contribution in [0.2, 0.25) is 0 Å². The molecule has 3 N–H and O–H groups in total. The molecule has 1 aromatic rings. The van der Waals surface area contributed by atoms with Crippen LogP contribution in [0.3, 0.4) is 0 Å². The molecule has 0 spiro atoms. The van der Waals surface area contributed by atoms with Gasteiger partial charge in [0.2, 0.25) is 10.0 Å². The number of nitrogens with one attached hydrogen (secondary N) is 1. The smallest absolute Gasteiger partial charge is 0.241 e. The second-order valence-corrected chi connectivity index (χ2v) is 8.46. The Hall–Kier alpha value is -0.470. The summed E-state index contributed by atoms with van der Waals surface area (Å²) in [5, 5.41) is 0. The maximum Gasteiger partial charge on any atom is 0.241 e. The lowest BCUT2D eigenvalue weighted by atomic mass is 9.65. The average Bonchev–Trinajstić information content (AvgIpc) is 2.43. The van der Waals surface area contributed by atoms with E-state index in [9.17, 15) is 8.42 Å². The van der Waals surface area contributed by atoms with Crippen LogP contribution in [0.15, 0.2) is 27.6 Å². The lowest BCUT2D eigenvalue weighted by Crippen LogP contribution is -2.61. The zero-order chi connectivity index (χ0) is 15.8. The van der Waals surface area contributed by atoms with Crippen LogP contribution in [-0.4, -0.2) is 27.7 Å². The lowest BCUT2D eigenvalue weighted by Gasteiger charge is -2.50. The number of benzene rings is 1. The van der Waals surface area contributed by atoms with E-state index >= 15 is 0 Å². The maximum absolute atomic E-state index is 12.6. The van der Waals surface area contributed by atoms with Gasteiger partial charge < -0.3 is 10.5 Å². The highest BCUT2D eigenvalue weighted by Gasteiger charge is 2.50. The van der Waals surface area contributed by atoms with Gasteiger partial charge in [0, 0.05) is 29.6 Å². The second kappa shape index (κ2) is 5.96. The molecule has 0 amide bonds. The molecular weight excluding hydrogens is 356 g/mol. The first kappa shape index (κ1) is 16.9. The van der Waals surface area contributed by atoms with E-state index in [0.717, 1.165) is 5.56 Å². The first-order valence-corrected chi connectivity index (χ1v) is 9.03. The van der Waals surface area contributed by atoms with Crippen molar-refractivity contribution in [1.82, 2.24) is 4.72 Å². The summed E-state index contributed by atoms with van der Waals surface area (Å²) < 4.78 is 33.8. The van der Waals surface area contributed by atoms with Crippen LogP contribution in [-0.2, 0) is 21.3 Å². The summed E-state index contributed by atoms with van der Waals surface area (Å²) in [6.07, 6.45) is 0.751. The minimum atomic E-state index is -3.59. The van der Waals surface area contributed by atoms with Gasteiger partial charge in [-0.05, 0) is 40.0 Å². The molecule has 0 heterocycles. The van der Waals surface area contributed by atoms with E-state index in [2.05, 4.69) is 20.7 Å². The molecule has 1 fully saturated rings. The molecule has 2 atom stereocenters. The van der Waals surface area contributed by atoms with Crippen molar-refractivity contribution in [3.63, 3.8) is 0 Å². The summed E-state index contributed by atoms with van der Waals surface area (Å²) in [6, 6.07) is 4.98. The molecule has 2 unspecified atom stereocenters. The molecule has 118 valence electrons. The summed E-state index contributed by atoms with van der Waals surface area (Å²) in [5.41, 5.74) is 6.14. The van der Waals surface area contributed by atoms with E-state index in [1.807, 2.05) is 13.8 Å². The Morgan fingerprint density at radius 2 is 2.14 bits per heavy atom. The standard InChI is InChI=1S/C14H21BrN2O3S/c1-14(2)12(7-13(14)20-3)17-21(18,19)11-6-9(8-16)4-5-10(11)15/h4-6,12-13,17H,7-8,16H2,1-3H3. The van der Waals surface area contributed by atoms with Gasteiger partial charge in [0.15, 0.2) is 0 Å². The van der Waals surface area contributed by atoms with Crippen LogP contribution >= 0.6 is 15.9 Å². The van der Waals surface area contributed by atoms with Gasteiger partial charge >= 0.3 is 0 Å². The number of halogens is 1. The highest BCUT2D eigenvalue weighted by Crippen LogP contribution is 2.43. The summed E-state index contributed by atoms with van der Waals surface area (Å²) in [6.45, 7) is 4.31. The van der Waals surface area contributed by atoms with Crippen LogP contribution in [0.4, 0.5) is 0 Å². The van der Waals surface area contributed by atoms with E-state index in [4.69, 9.17) is 10.5 Å². The molecule has 5 nitrogen and oxygen atoms in total. The van der Waals surface area contributed by atoms with E-state index in [0.29, 0.717) is 17.4 Å². The number of sulfonamides is 1. The third-order valence-electron chi connectivity index (χ3n) is 4.28. The van der Waals surface area contributed by atoms with Gasteiger partial charge in [-0.15, -0.1) is 0 Å². The van der Waals surface area contributed by atoms with Crippen molar-refractivity contribution in [3.05, 3.63) is 28.2 Å². The normalized spacial score (nSPS) is 24.6. The molecule has 0 aliphatic heterocycles. The topological polar surface area (TPSA) is 81.4 Å². The molecule has 7 heteroatoms. The highest BCUT2D eigenvalue weighted by molar-refractivity contribution is 9.10. The van der Waals surface area contributed by atoms with Crippen LogP contribution in [0.5, 0.6) is 0 Å². The highest BCUT2D eigenvalue weighted by atomic mass is 79.9. The van der Waals surface area contributed by atoms with E-state index in [-0.39, 0.29) is 22.5 Å². The molecule has 0 bridgehead atoms. The Kier molecular flexibility index (Phi) is 4.80. The molecule has 0 radical (unpaired) electrons. The van der Waals surface area contributed by atoms with Gasteiger partial charge in [-0.2, -0.15) is 0 Å². The first-order valence-electron chi connectivity index (χ1n) is 6.76. The molecule has 1 aliphatic rings. The third kappa shape index (κ3) is 3.17. The molecular formula is C14H21BrN2O3S. The Morgan fingerprint density at radius 3 is 2.67 bits per heavy atom. The fourth-order valence-electron chi connectivity index (χ4n) is 2.62. The zero-order valence-electron chi connectivity index (χ0n) is 12.4. The zero-order valence-corrected chi connectivity index (χ0v) is 14.8. The van der Waals surface area contributed by atoms with Crippen molar-refractivity contribution in [2.24, 2.45) is 11.1 Å². The van der Waals surface area contributed by atoms with Gasteiger partial charge in [0.25, 0.3) is 0 Å². The fourth-order valence-corrected chi connectivity index (χ4v) is 5.04. The van der Waals surface area contributed by atoms with Crippen molar-refractivity contribution >= 4 is 26.0 Å². The molecule has 21 heavy (non-hydrogen) atoms. The number of ether oxygens (including phenoxy) is 1. The number of nitrogens with two attached hydrogens (primary N) is 1. The summed E-state index contributed by atoms with van der Waals surface area (Å²) in [5.74, 6) is 0. The summed E-state index contributed by atoms with van der Waals surface area (Å²) >= 11 is 3.29. The Morgan fingerprint density at radius 1 is 1.48 bits per heavy atom. The predicted molar refractivity (Wildman–Crippen MR) is 85.3 cm³/mol. The van der Waals surface area contributed by atoms with Gasteiger partial charge in [-0.3, -0.25) is 0 Å². The van der Waals surface area contributed by atoms with Crippen molar-refractivity contribution in [1.29, 1.82) is 0 Å². The molecule has 1 aliphatic carbocycles. The monoisotopic (exact) mass is 376 g/mol. The lowest BCUT2D eigenvalue weighted by molar-refractivity contribution is -0.0908. The first-order chi connectivity index (χ1) is 9.72. The Balaban J connectivity index is 2.24. The third-order valence-corrected chi connectivity index (χ3v) is 6.75. The SMILES string of the molecule is COC1CC(NS(=O)(=O)c2cc(CN)ccc2Br)C1(C)C. The molecule has 1 saturated carbocycles. The molecule has 0 aromatic heterocycles. The predicted octanol–water partition coefficient (Wildman–Crippen LogP) is 2.00. The minimum absolute atomic E-state index is 0.0732. The van der Waals surface area contributed by atoms with Crippen molar-refractivity contribution < 1.29 is 13.2 Å². The van der Waals surface area contributed by atoms with Crippen molar-refractivity contribution in [3.8, 4) is 0 Å². The van der Waals surface area contributed by atoms with Gasteiger partial charge in [-0.25, -0.2) is 13.1 Å².